The molecule has 0 spiro atoms. The van der Waals surface area contributed by atoms with Gasteiger partial charge in [0.2, 0.25) is 11.8 Å². The molecule has 0 aromatic heterocycles. The van der Waals surface area contributed by atoms with Crippen molar-refractivity contribution < 1.29 is 14.4 Å². The third-order valence-electron chi connectivity index (χ3n) is 5.59. The Morgan fingerprint density at radius 1 is 1.12 bits per heavy atom. The summed E-state index contributed by atoms with van der Waals surface area (Å²) in [5.41, 5.74) is 2.89. The number of fused-ring (bicyclic) bond motifs is 1. The van der Waals surface area contributed by atoms with Gasteiger partial charge in [0, 0.05) is 29.9 Å². The molecule has 2 saturated heterocycles. The lowest BCUT2D eigenvalue weighted by molar-refractivity contribution is -0.136. The zero-order valence-corrected chi connectivity index (χ0v) is 16.1. The summed E-state index contributed by atoms with van der Waals surface area (Å²) >= 11 is 3.68. The summed E-state index contributed by atoms with van der Waals surface area (Å²) in [4.78, 5) is 41.1. The van der Waals surface area contributed by atoms with Crippen LogP contribution in [-0.4, -0.2) is 51.5 Å². The Bertz CT molecular complexity index is 758. The van der Waals surface area contributed by atoms with E-state index < -0.39 is 6.04 Å². The van der Waals surface area contributed by atoms with E-state index in [0.717, 1.165) is 38.0 Å². The van der Waals surface area contributed by atoms with Gasteiger partial charge < -0.3 is 4.90 Å². The summed E-state index contributed by atoms with van der Waals surface area (Å²) in [6, 6.07) is 5.31. The fourth-order valence-corrected chi connectivity index (χ4v) is 4.51. The SMILES string of the molecule is O=C1CCC(N2Cc3c(CN4CCC(Br)CC4)cccc3C2=O)C(=O)N1. The van der Waals surface area contributed by atoms with E-state index in [1.807, 2.05) is 12.1 Å². The third-order valence-corrected chi connectivity index (χ3v) is 6.51. The van der Waals surface area contributed by atoms with E-state index in [1.165, 1.54) is 5.56 Å². The number of hydrogen-bond donors (Lipinski definition) is 1. The third kappa shape index (κ3) is 3.30. The molecule has 0 aliphatic carbocycles. The number of alkyl halides is 1. The fourth-order valence-electron chi connectivity index (χ4n) is 4.10. The molecule has 1 atom stereocenters. The van der Waals surface area contributed by atoms with Crippen LogP contribution in [-0.2, 0) is 22.7 Å². The average molecular weight is 420 g/mol. The molecule has 3 amide bonds. The number of carbonyl (C=O) groups excluding carboxylic acids is 3. The van der Waals surface area contributed by atoms with Crippen molar-refractivity contribution in [1.82, 2.24) is 15.1 Å². The number of benzene rings is 1. The molecule has 7 heteroatoms. The predicted molar refractivity (Wildman–Crippen MR) is 99.7 cm³/mol. The van der Waals surface area contributed by atoms with Crippen LogP contribution in [0.5, 0.6) is 0 Å². The molecule has 1 unspecified atom stereocenters. The second-order valence-electron chi connectivity index (χ2n) is 7.29. The van der Waals surface area contributed by atoms with Gasteiger partial charge in [0.1, 0.15) is 6.04 Å². The molecule has 4 rings (SSSR count). The van der Waals surface area contributed by atoms with Crippen LogP contribution in [0.1, 0.15) is 47.2 Å². The smallest absolute Gasteiger partial charge is 0.255 e. The quantitative estimate of drug-likeness (QED) is 0.598. The molecule has 1 aromatic carbocycles. The number of carbonyl (C=O) groups is 3. The van der Waals surface area contributed by atoms with Crippen molar-refractivity contribution in [3.8, 4) is 0 Å². The number of imide groups is 1. The van der Waals surface area contributed by atoms with Crippen LogP contribution in [0.25, 0.3) is 0 Å². The maximum absolute atomic E-state index is 12.9. The predicted octanol–water partition coefficient (Wildman–Crippen LogP) is 1.81. The Morgan fingerprint density at radius 3 is 2.62 bits per heavy atom. The maximum atomic E-state index is 12.9. The minimum Gasteiger partial charge on any atom is -0.322 e. The summed E-state index contributed by atoms with van der Waals surface area (Å²) in [6.45, 7) is 3.37. The Kier molecular flexibility index (Phi) is 4.84. The molecule has 1 N–H and O–H groups in total. The second kappa shape index (κ2) is 7.12. The fraction of sp³-hybridized carbons (Fsp3) is 0.526. The highest BCUT2D eigenvalue weighted by molar-refractivity contribution is 9.09. The van der Waals surface area contributed by atoms with E-state index in [0.29, 0.717) is 23.4 Å². The Morgan fingerprint density at radius 2 is 1.88 bits per heavy atom. The van der Waals surface area contributed by atoms with Gasteiger partial charge in [0.25, 0.3) is 5.91 Å². The number of nitrogens with one attached hydrogen (secondary N) is 1. The number of amides is 3. The van der Waals surface area contributed by atoms with Crippen LogP contribution in [0.4, 0.5) is 0 Å². The number of rotatable bonds is 3. The first-order valence-electron chi connectivity index (χ1n) is 9.15. The Balaban J connectivity index is 1.52. The van der Waals surface area contributed by atoms with Gasteiger partial charge in [-0.15, -0.1) is 0 Å². The number of hydrogen-bond acceptors (Lipinski definition) is 4. The van der Waals surface area contributed by atoms with E-state index in [-0.39, 0.29) is 24.1 Å². The standard InChI is InChI=1S/C19H22BrN3O3/c20-13-6-8-22(9-7-13)10-12-2-1-3-14-15(12)11-23(19(14)26)16-4-5-17(24)21-18(16)25/h1-3,13,16H,4-11H2,(H,21,24,25). The molecular weight excluding hydrogens is 398 g/mol. The van der Waals surface area contributed by atoms with Crippen molar-refractivity contribution in [2.24, 2.45) is 0 Å². The van der Waals surface area contributed by atoms with Gasteiger partial charge in [-0.25, -0.2) is 0 Å². The molecular formula is C19H22BrN3O3. The van der Waals surface area contributed by atoms with Crippen molar-refractivity contribution in [2.45, 2.75) is 49.6 Å². The number of nitrogens with zero attached hydrogens (tertiary/aromatic N) is 2. The summed E-state index contributed by atoms with van der Waals surface area (Å²) in [6.07, 6.45) is 2.95. The first-order chi connectivity index (χ1) is 12.5. The lowest BCUT2D eigenvalue weighted by Gasteiger charge is -2.30. The van der Waals surface area contributed by atoms with Gasteiger partial charge in [-0.05, 0) is 49.5 Å². The molecule has 26 heavy (non-hydrogen) atoms. The summed E-state index contributed by atoms with van der Waals surface area (Å²) in [5, 5.41) is 2.35. The highest BCUT2D eigenvalue weighted by Gasteiger charge is 2.39. The molecule has 3 heterocycles. The Hall–Kier alpha value is -1.73. The molecule has 3 aliphatic heterocycles. The van der Waals surface area contributed by atoms with Crippen molar-refractivity contribution in [1.29, 1.82) is 0 Å². The molecule has 138 valence electrons. The monoisotopic (exact) mass is 419 g/mol. The van der Waals surface area contributed by atoms with Gasteiger partial charge in [0.05, 0.1) is 0 Å². The number of piperidine rings is 2. The zero-order chi connectivity index (χ0) is 18.3. The van der Waals surface area contributed by atoms with Gasteiger partial charge >= 0.3 is 0 Å². The van der Waals surface area contributed by atoms with Gasteiger partial charge in [0.15, 0.2) is 0 Å². The zero-order valence-electron chi connectivity index (χ0n) is 14.5. The molecule has 1 aromatic rings. The number of halogens is 1. The van der Waals surface area contributed by atoms with E-state index in [4.69, 9.17) is 0 Å². The minimum absolute atomic E-state index is 0.101. The van der Waals surface area contributed by atoms with Crippen LogP contribution >= 0.6 is 15.9 Å². The van der Waals surface area contributed by atoms with Crippen LogP contribution in [0, 0.1) is 0 Å². The molecule has 6 nitrogen and oxygen atoms in total. The first kappa shape index (κ1) is 17.7. The van der Waals surface area contributed by atoms with Crippen molar-refractivity contribution in [3.05, 3.63) is 34.9 Å². The van der Waals surface area contributed by atoms with Gasteiger partial charge in [-0.2, -0.15) is 0 Å². The molecule has 0 bridgehead atoms. The first-order valence-corrected chi connectivity index (χ1v) is 10.1. The lowest BCUT2D eigenvalue weighted by atomic mass is 10.0. The van der Waals surface area contributed by atoms with Crippen molar-refractivity contribution in [3.63, 3.8) is 0 Å². The largest absolute Gasteiger partial charge is 0.322 e. The molecule has 0 radical (unpaired) electrons. The molecule has 3 aliphatic rings. The summed E-state index contributed by atoms with van der Waals surface area (Å²) < 4.78 is 0. The van der Waals surface area contributed by atoms with Crippen LogP contribution in [0.3, 0.4) is 0 Å². The molecule has 0 saturated carbocycles. The van der Waals surface area contributed by atoms with Crippen LogP contribution < -0.4 is 5.32 Å². The second-order valence-corrected chi connectivity index (χ2v) is 8.59. The lowest BCUT2D eigenvalue weighted by Crippen LogP contribution is -2.52. The average Bonchev–Trinajstić information content (AvgIpc) is 2.95. The highest BCUT2D eigenvalue weighted by atomic mass is 79.9. The van der Waals surface area contributed by atoms with Crippen LogP contribution in [0.15, 0.2) is 18.2 Å². The topological polar surface area (TPSA) is 69.7 Å². The van der Waals surface area contributed by atoms with E-state index >= 15 is 0 Å². The van der Waals surface area contributed by atoms with E-state index in [1.54, 1.807) is 4.90 Å². The highest BCUT2D eigenvalue weighted by Crippen LogP contribution is 2.31. The maximum Gasteiger partial charge on any atom is 0.255 e. The normalized spacial score (nSPS) is 24.7. The molecule has 2 fully saturated rings. The van der Waals surface area contributed by atoms with Crippen molar-refractivity contribution >= 4 is 33.7 Å². The van der Waals surface area contributed by atoms with Gasteiger partial charge in [-0.1, -0.05) is 28.1 Å². The number of likely N-dealkylation sites (tertiary alicyclic amines) is 1. The van der Waals surface area contributed by atoms with Gasteiger partial charge in [-0.3, -0.25) is 24.6 Å². The minimum atomic E-state index is -0.551. The van der Waals surface area contributed by atoms with E-state index in [9.17, 15) is 14.4 Å². The van der Waals surface area contributed by atoms with Crippen molar-refractivity contribution in [2.75, 3.05) is 13.1 Å². The summed E-state index contributed by atoms with van der Waals surface area (Å²) in [7, 11) is 0. The summed E-state index contributed by atoms with van der Waals surface area (Å²) in [5.74, 6) is -0.717. The van der Waals surface area contributed by atoms with Crippen LogP contribution in [0.2, 0.25) is 0 Å². The Labute approximate surface area is 161 Å². The van der Waals surface area contributed by atoms with E-state index in [2.05, 4.69) is 32.2 Å².